The molecule has 0 bridgehead atoms. The molecule has 7 heteroatoms. The van der Waals surface area contributed by atoms with Crippen molar-refractivity contribution in [3.8, 4) is 17.3 Å². The maximum atomic E-state index is 12.6. The number of furan rings is 1. The van der Waals surface area contributed by atoms with Gasteiger partial charge in [0.05, 0.1) is 13.4 Å². The van der Waals surface area contributed by atoms with Crippen LogP contribution in [0.3, 0.4) is 0 Å². The van der Waals surface area contributed by atoms with E-state index >= 15 is 0 Å². The lowest BCUT2D eigenvalue weighted by atomic mass is 9.74. The molecular formula is C21H22N2O5. The maximum absolute atomic E-state index is 12.6. The van der Waals surface area contributed by atoms with Crippen molar-refractivity contribution < 1.29 is 23.2 Å². The molecule has 1 N–H and O–H groups in total. The van der Waals surface area contributed by atoms with Crippen molar-refractivity contribution >= 4 is 5.91 Å². The van der Waals surface area contributed by atoms with Crippen LogP contribution in [0.15, 0.2) is 57.7 Å². The van der Waals surface area contributed by atoms with E-state index in [-0.39, 0.29) is 17.0 Å². The van der Waals surface area contributed by atoms with Crippen molar-refractivity contribution in [1.82, 2.24) is 10.5 Å². The molecule has 0 unspecified atom stereocenters. The fourth-order valence-electron chi connectivity index (χ4n) is 3.53. The Labute approximate surface area is 162 Å². The van der Waals surface area contributed by atoms with Gasteiger partial charge in [-0.25, -0.2) is 0 Å². The van der Waals surface area contributed by atoms with Gasteiger partial charge < -0.3 is 23.7 Å². The standard InChI is InChI=1S/C21H22N2O5/c1-25-16-6-4-15(5-7-16)21(8-11-26-12-9-21)14-22-20(24)17-13-19(28-23-17)18-3-2-10-27-18/h2-7,10,13H,8-9,11-12,14H2,1H3,(H,22,24). The molecule has 28 heavy (non-hydrogen) atoms. The summed E-state index contributed by atoms with van der Waals surface area (Å²) in [6.07, 6.45) is 3.20. The van der Waals surface area contributed by atoms with E-state index in [9.17, 15) is 4.79 Å². The van der Waals surface area contributed by atoms with Gasteiger partial charge in [-0.05, 0) is 42.7 Å². The summed E-state index contributed by atoms with van der Waals surface area (Å²) in [5.74, 6) is 1.49. The van der Waals surface area contributed by atoms with Crippen molar-refractivity contribution in [1.29, 1.82) is 0 Å². The zero-order valence-electron chi connectivity index (χ0n) is 15.6. The molecule has 3 aromatic rings. The molecule has 2 aromatic heterocycles. The average molecular weight is 382 g/mol. The zero-order valence-corrected chi connectivity index (χ0v) is 15.6. The van der Waals surface area contributed by atoms with E-state index in [1.165, 1.54) is 0 Å². The Morgan fingerprint density at radius 2 is 1.96 bits per heavy atom. The van der Waals surface area contributed by atoms with Gasteiger partial charge in [-0.15, -0.1) is 0 Å². The summed E-state index contributed by atoms with van der Waals surface area (Å²) < 4.78 is 21.3. The summed E-state index contributed by atoms with van der Waals surface area (Å²) in [5, 5.41) is 6.88. The van der Waals surface area contributed by atoms with Gasteiger partial charge in [0.15, 0.2) is 11.5 Å². The molecule has 0 spiro atoms. The number of carbonyl (C=O) groups excluding carboxylic acids is 1. The van der Waals surface area contributed by atoms with Crippen molar-refractivity contribution in [2.24, 2.45) is 0 Å². The number of nitrogens with one attached hydrogen (secondary N) is 1. The molecular weight excluding hydrogens is 360 g/mol. The number of nitrogens with zero attached hydrogens (tertiary/aromatic N) is 1. The van der Waals surface area contributed by atoms with Crippen LogP contribution in [0.2, 0.25) is 0 Å². The molecule has 0 atom stereocenters. The molecule has 1 amide bonds. The minimum atomic E-state index is -0.277. The Kier molecular flexibility index (Phi) is 5.16. The molecule has 1 aromatic carbocycles. The number of carbonyl (C=O) groups is 1. The van der Waals surface area contributed by atoms with Crippen molar-refractivity contribution in [2.45, 2.75) is 18.3 Å². The highest BCUT2D eigenvalue weighted by atomic mass is 16.5. The number of amides is 1. The number of benzene rings is 1. The van der Waals surface area contributed by atoms with Gasteiger partial charge in [0.25, 0.3) is 5.91 Å². The SMILES string of the molecule is COc1ccc(C2(CNC(=O)c3cc(-c4ccco4)on3)CCOCC2)cc1. The predicted molar refractivity (Wildman–Crippen MR) is 101 cm³/mol. The largest absolute Gasteiger partial charge is 0.497 e. The van der Waals surface area contributed by atoms with E-state index in [0.29, 0.717) is 31.3 Å². The Morgan fingerprint density at radius 1 is 1.18 bits per heavy atom. The minimum absolute atomic E-state index is 0.187. The zero-order chi connectivity index (χ0) is 19.4. The minimum Gasteiger partial charge on any atom is -0.497 e. The molecule has 1 aliphatic rings. The quantitative estimate of drug-likeness (QED) is 0.703. The highest BCUT2D eigenvalue weighted by Crippen LogP contribution is 2.35. The van der Waals surface area contributed by atoms with Crippen LogP contribution in [0.25, 0.3) is 11.5 Å². The first-order valence-corrected chi connectivity index (χ1v) is 9.21. The van der Waals surface area contributed by atoms with E-state index in [1.807, 2.05) is 12.1 Å². The number of hydrogen-bond acceptors (Lipinski definition) is 6. The van der Waals surface area contributed by atoms with Crippen LogP contribution in [0.1, 0.15) is 28.9 Å². The number of rotatable bonds is 6. The van der Waals surface area contributed by atoms with Crippen LogP contribution in [0.5, 0.6) is 5.75 Å². The molecule has 3 heterocycles. The Morgan fingerprint density at radius 3 is 2.64 bits per heavy atom. The highest BCUT2D eigenvalue weighted by Gasteiger charge is 2.35. The molecule has 7 nitrogen and oxygen atoms in total. The molecule has 0 saturated carbocycles. The molecule has 0 aliphatic carbocycles. The summed E-state index contributed by atoms with van der Waals surface area (Å²) >= 11 is 0. The van der Waals surface area contributed by atoms with Gasteiger partial charge in [0.1, 0.15) is 5.75 Å². The second-order valence-corrected chi connectivity index (χ2v) is 6.86. The van der Waals surface area contributed by atoms with Crippen LogP contribution >= 0.6 is 0 Å². The fraction of sp³-hybridized carbons (Fsp3) is 0.333. The second-order valence-electron chi connectivity index (χ2n) is 6.86. The van der Waals surface area contributed by atoms with E-state index in [1.54, 1.807) is 31.6 Å². The summed E-state index contributed by atoms with van der Waals surface area (Å²) in [6, 6.07) is 13.1. The molecule has 1 saturated heterocycles. The third kappa shape index (κ3) is 3.66. The summed E-state index contributed by atoms with van der Waals surface area (Å²) in [7, 11) is 1.65. The Hall–Kier alpha value is -3.06. The summed E-state index contributed by atoms with van der Waals surface area (Å²) in [5.41, 5.74) is 1.20. The molecule has 4 rings (SSSR count). The summed E-state index contributed by atoms with van der Waals surface area (Å²) in [4.78, 5) is 12.6. The Bertz CT molecular complexity index is 909. The highest BCUT2D eigenvalue weighted by molar-refractivity contribution is 5.93. The normalized spacial score (nSPS) is 15.9. The molecule has 146 valence electrons. The number of ether oxygens (including phenoxy) is 2. The van der Waals surface area contributed by atoms with Crippen LogP contribution in [-0.2, 0) is 10.2 Å². The second kappa shape index (κ2) is 7.90. The van der Waals surface area contributed by atoms with Gasteiger partial charge in [-0.1, -0.05) is 17.3 Å². The van der Waals surface area contributed by atoms with E-state index in [0.717, 1.165) is 24.2 Å². The average Bonchev–Trinajstić information content (AvgIpc) is 3.44. The predicted octanol–water partition coefficient (Wildman–Crippen LogP) is 3.42. The van der Waals surface area contributed by atoms with Gasteiger partial charge in [-0.2, -0.15) is 0 Å². The number of methoxy groups -OCH3 is 1. The van der Waals surface area contributed by atoms with Crippen LogP contribution in [0.4, 0.5) is 0 Å². The van der Waals surface area contributed by atoms with Crippen molar-refractivity contribution in [3.05, 3.63) is 60.0 Å². The van der Waals surface area contributed by atoms with Gasteiger partial charge in [0.2, 0.25) is 5.76 Å². The van der Waals surface area contributed by atoms with Crippen LogP contribution in [-0.4, -0.2) is 37.9 Å². The van der Waals surface area contributed by atoms with E-state index < -0.39 is 0 Å². The van der Waals surface area contributed by atoms with Crippen LogP contribution < -0.4 is 10.1 Å². The first-order valence-electron chi connectivity index (χ1n) is 9.21. The monoisotopic (exact) mass is 382 g/mol. The topological polar surface area (TPSA) is 86.7 Å². The fourth-order valence-corrected chi connectivity index (χ4v) is 3.53. The van der Waals surface area contributed by atoms with E-state index in [4.69, 9.17) is 18.4 Å². The van der Waals surface area contributed by atoms with Crippen LogP contribution in [0, 0.1) is 0 Å². The lowest BCUT2D eigenvalue weighted by Crippen LogP contribution is -2.44. The van der Waals surface area contributed by atoms with Crippen molar-refractivity contribution in [3.63, 3.8) is 0 Å². The smallest absolute Gasteiger partial charge is 0.273 e. The Balaban J connectivity index is 1.49. The molecule has 0 radical (unpaired) electrons. The third-order valence-corrected chi connectivity index (χ3v) is 5.25. The first kappa shape index (κ1) is 18.3. The lowest BCUT2D eigenvalue weighted by molar-refractivity contribution is 0.0486. The van der Waals surface area contributed by atoms with Gasteiger partial charge >= 0.3 is 0 Å². The summed E-state index contributed by atoms with van der Waals surface area (Å²) in [6.45, 7) is 1.81. The van der Waals surface area contributed by atoms with Gasteiger partial charge in [-0.3, -0.25) is 4.79 Å². The molecule has 1 aliphatic heterocycles. The lowest BCUT2D eigenvalue weighted by Gasteiger charge is -2.38. The number of hydrogen-bond donors (Lipinski definition) is 1. The first-order chi connectivity index (χ1) is 13.7. The van der Waals surface area contributed by atoms with Crippen molar-refractivity contribution in [2.75, 3.05) is 26.9 Å². The third-order valence-electron chi connectivity index (χ3n) is 5.25. The van der Waals surface area contributed by atoms with Gasteiger partial charge in [0, 0.05) is 31.2 Å². The maximum Gasteiger partial charge on any atom is 0.273 e. The number of aromatic nitrogens is 1. The molecule has 1 fully saturated rings. The van der Waals surface area contributed by atoms with E-state index in [2.05, 4.69) is 22.6 Å².